The molecule has 2 aromatic rings. The number of nitrogens with zero attached hydrogens (tertiary/aromatic N) is 1. The molecule has 2 nitrogen and oxygen atoms in total. The first-order valence-corrected chi connectivity index (χ1v) is 5.37. The molecule has 0 aliphatic rings. The van der Waals surface area contributed by atoms with Gasteiger partial charge >= 0.3 is 0 Å². The van der Waals surface area contributed by atoms with E-state index >= 15 is 0 Å². The topological polar surface area (TPSA) is 22.1 Å². The number of methoxy groups -OCH3 is 1. The Morgan fingerprint density at radius 2 is 2.19 bits per heavy atom. The lowest BCUT2D eigenvalue weighted by molar-refractivity contribution is 0.185. The maximum Gasteiger partial charge on any atom is 0.0719 e. The standard InChI is InChI=1S/C13H12ClNO/c1-16-9-11-7-12(14)4-5-13(11)10-3-2-6-15-8-10/h2-8H,9H2,1H3. The molecule has 1 heterocycles. The summed E-state index contributed by atoms with van der Waals surface area (Å²) in [5.74, 6) is 0. The van der Waals surface area contributed by atoms with E-state index in [-0.39, 0.29) is 0 Å². The summed E-state index contributed by atoms with van der Waals surface area (Å²) in [4.78, 5) is 4.11. The lowest BCUT2D eigenvalue weighted by Gasteiger charge is -2.09. The largest absolute Gasteiger partial charge is 0.380 e. The Morgan fingerprint density at radius 3 is 2.88 bits per heavy atom. The highest BCUT2D eigenvalue weighted by atomic mass is 35.5. The van der Waals surface area contributed by atoms with Gasteiger partial charge in [0.05, 0.1) is 6.61 Å². The molecule has 1 aromatic carbocycles. The number of hydrogen-bond acceptors (Lipinski definition) is 2. The number of pyridine rings is 1. The molecule has 0 fully saturated rings. The predicted molar refractivity (Wildman–Crippen MR) is 65.4 cm³/mol. The molecule has 0 unspecified atom stereocenters. The van der Waals surface area contributed by atoms with Crippen LogP contribution in [0.25, 0.3) is 11.1 Å². The van der Waals surface area contributed by atoms with E-state index < -0.39 is 0 Å². The number of rotatable bonds is 3. The summed E-state index contributed by atoms with van der Waals surface area (Å²) in [7, 11) is 1.67. The van der Waals surface area contributed by atoms with E-state index in [1.165, 1.54) is 0 Å². The van der Waals surface area contributed by atoms with Crippen molar-refractivity contribution in [2.45, 2.75) is 6.61 Å². The van der Waals surface area contributed by atoms with Crippen LogP contribution in [0.15, 0.2) is 42.7 Å². The number of aromatic nitrogens is 1. The van der Waals surface area contributed by atoms with Crippen molar-refractivity contribution in [3.05, 3.63) is 53.3 Å². The summed E-state index contributed by atoms with van der Waals surface area (Å²) in [6.45, 7) is 0.546. The Morgan fingerprint density at radius 1 is 1.31 bits per heavy atom. The van der Waals surface area contributed by atoms with Crippen LogP contribution in [0.3, 0.4) is 0 Å². The van der Waals surface area contributed by atoms with Crippen molar-refractivity contribution in [3.8, 4) is 11.1 Å². The van der Waals surface area contributed by atoms with Crippen molar-refractivity contribution in [2.75, 3.05) is 7.11 Å². The van der Waals surface area contributed by atoms with E-state index in [4.69, 9.17) is 16.3 Å². The van der Waals surface area contributed by atoms with E-state index in [2.05, 4.69) is 4.98 Å². The lowest BCUT2D eigenvalue weighted by atomic mass is 10.0. The van der Waals surface area contributed by atoms with Crippen LogP contribution in [0.5, 0.6) is 0 Å². The number of hydrogen-bond donors (Lipinski definition) is 0. The molecule has 0 spiro atoms. The molecule has 0 bridgehead atoms. The summed E-state index contributed by atoms with van der Waals surface area (Å²) in [6.07, 6.45) is 3.60. The molecule has 0 atom stereocenters. The van der Waals surface area contributed by atoms with Gasteiger partial charge in [0.25, 0.3) is 0 Å². The van der Waals surface area contributed by atoms with Crippen molar-refractivity contribution >= 4 is 11.6 Å². The van der Waals surface area contributed by atoms with E-state index in [9.17, 15) is 0 Å². The first-order valence-electron chi connectivity index (χ1n) is 4.99. The van der Waals surface area contributed by atoms with Gasteiger partial charge in [-0.15, -0.1) is 0 Å². The van der Waals surface area contributed by atoms with Crippen molar-refractivity contribution in [1.82, 2.24) is 4.98 Å². The smallest absolute Gasteiger partial charge is 0.0719 e. The Labute approximate surface area is 99.9 Å². The highest BCUT2D eigenvalue weighted by molar-refractivity contribution is 6.30. The third-order valence-corrected chi connectivity index (χ3v) is 2.57. The summed E-state index contributed by atoms with van der Waals surface area (Å²) in [5.41, 5.74) is 3.26. The second kappa shape index (κ2) is 5.10. The molecule has 0 aliphatic carbocycles. The molecule has 0 N–H and O–H groups in total. The zero-order valence-electron chi connectivity index (χ0n) is 8.98. The van der Waals surface area contributed by atoms with Crippen molar-refractivity contribution < 1.29 is 4.74 Å². The highest BCUT2D eigenvalue weighted by Crippen LogP contribution is 2.26. The van der Waals surface area contributed by atoms with Gasteiger partial charge in [-0.05, 0) is 29.3 Å². The summed E-state index contributed by atoms with van der Waals surface area (Å²) in [6, 6.07) is 9.74. The molecule has 0 saturated carbocycles. The second-order valence-corrected chi connectivity index (χ2v) is 3.91. The number of ether oxygens (including phenoxy) is 1. The molecule has 16 heavy (non-hydrogen) atoms. The number of halogens is 1. The van der Waals surface area contributed by atoms with E-state index in [0.717, 1.165) is 21.7 Å². The lowest BCUT2D eigenvalue weighted by Crippen LogP contribution is -1.92. The van der Waals surface area contributed by atoms with Gasteiger partial charge in [0.1, 0.15) is 0 Å². The Balaban J connectivity index is 2.48. The SMILES string of the molecule is COCc1cc(Cl)ccc1-c1cccnc1. The van der Waals surface area contributed by atoms with Crippen LogP contribution in [-0.4, -0.2) is 12.1 Å². The Kier molecular flexibility index (Phi) is 3.54. The molecular weight excluding hydrogens is 222 g/mol. The monoisotopic (exact) mass is 233 g/mol. The molecule has 0 saturated heterocycles. The molecule has 0 aliphatic heterocycles. The van der Waals surface area contributed by atoms with Crippen molar-refractivity contribution in [2.24, 2.45) is 0 Å². The first kappa shape index (κ1) is 11.1. The third kappa shape index (κ3) is 2.40. The maximum absolute atomic E-state index is 5.97. The molecule has 1 aromatic heterocycles. The molecule has 0 amide bonds. The fraction of sp³-hybridized carbons (Fsp3) is 0.154. The van der Waals surface area contributed by atoms with E-state index in [1.807, 2.05) is 36.5 Å². The molecule has 3 heteroatoms. The van der Waals surface area contributed by atoms with Crippen LogP contribution in [0, 0.1) is 0 Å². The average Bonchev–Trinajstić information content (AvgIpc) is 2.31. The van der Waals surface area contributed by atoms with Crippen molar-refractivity contribution in [3.63, 3.8) is 0 Å². The van der Waals surface area contributed by atoms with Gasteiger partial charge in [-0.25, -0.2) is 0 Å². The van der Waals surface area contributed by atoms with E-state index in [0.29, 0.717) is 6.61 Å². The van der Waals surface area contributed by atoms with E-state index in [1.54, 1.807) is 13.3 Å². The zero-order valence-corrected chi connectivity index (χ0v) is 9.74. The van der Waals surface area contributed by atoms with Gasteiger partial charge in [0.15, 0.2) is 0 Å². The Hall–Kier alpha value is -1.38. The van der Waals surface area contributed by atoms with Gasteiger partial charge in [-0.2, -0.15) is 0 Å². The minimum absolute atomic E-state index is 0.546. The van der Waals surface area contributed by atoms with Gasteiger partial charge in [0.2, 0.25) is 0 Å². The molecular formula is C13H12ClNO. The zero-order chi connectivity index (χ0) is 11.4. The predicted octanol–water partition coefficient (Wildman–Crippen LogP) is 3.55. The van der Waals surface area contributed by atoms with Crippen LogP contribution >= 0.6 is 11.6 Å². The van der Waals surface area contributed by atoms with Crippen LogP contribution in [0.2, 0.25) is 5.02 Å². The van der Waals surface area contributed by atoms with Crippen LogP contribution in [0.1, 0.15) is 5.56 Å². The quantitative estimate of drug-likeness (QED) is 0.809. The third-order valence-electron chi connectivity index (χ3n) is 2.34. The molecule has 0 radical (unpaired) electrons. The number of benzene rings is 1. The van der Waals surface area contributed by atoms with Gasteiger partial charge in [0, 0.05) is 30.1 Å². The van der Waals surface area contributed by atoms with Crippen LogP contribution in [-0.2, 0) is 11.3 Å². The second-order valence-electron chi connectivity index (χ2n) is 3.48. The van der Waals surface area contributed by atoms with Crippen LogP contribution in [0.4, 0.5) is 0 Å². The van der Waals surface area contributed by atoms with Gasteiger partial charge < -0.3 is 4.74 Å². The van der Waals surface area contributed by atoms with Crippen LogP contribution < -0.4 is 0 Å². The Bertz CT molecular complexity index is 471. The summed E-state index contributed by atoms with van der Waals surface area (Å²) >= 11 is 5.97. The molecule has 2 rings (SSSR count). The maximum atomic E-state index is 5.97. The first-order chi connectivity index (χ1) is 7.81. The summed E-state index contributed by atoms with van der Waals surface area (Å²) < 4.78 is 5.17. The highest BCUT2D eigenvalue weighted by Gasteiger charge is 2.05. The fourth-order valence-electron chi connectivity index (χ4n) is 1.64. The minimum atomic E-state index is 0.546. The fourth-order valence-corrected chi connectivity index (χ4v) is 1.84. The molecule has 82 valence electrons. The average molecular weight is 234 g/mol. The normalized spacial score (nSPS) is 10.4. The van der Waals surface area contributed by atoms with Crippen molar-refractivity contribution in [1.29, 1.82) is 0 Å². The minimum Gasteiger partial charge on any atom is -0.380 e. The van der Waals surface area contributed by atoms with Gasteiger partial charge in [-0.1, -0.05) is 23.7 Å². The van der Waals surface area contributed by atoms with Gasteiger partial charge in [-0.3, -0.25) is 4.98 Å². The summed E-state index contributed by atoms with van der Waals surface area (Å²) in [5, 5.41) is 0.722.